The van der Waals surface area contributed by atoms with E-state index in [9.17, 15) is 9.59 Å². The van der Waals surface area contributed by atoms with Gasteiger partial charge in [0.1, 0.15) is 17.5 Å². The molecule has 0 aliphatic rings. The number of hydrogen-bond acceptors (Lipinski definition) is 7. The number of hydrogen-bond donors (Lipinski definition) is 1. The maximum atomic E-state index is 14.3. The van der Waals surface area contributed by atoms with Crippen molar-refractivity contribution in [3.8, 4) is 11.5 Å². The molecule has 1 N–H and O–H groups in total. The molecule has 1 atom stereocenters. The van der Waals surface area contributed by atoms with Crippen LogP contribution in [0.3, 0.4) is 0 Å². The minimum atomic E-state index is -0.934. The maximum Gasteiger partial charge on any atom is 0.251 e. The Balaban J connectivity index is 1.76. The Morgan fingerprint density at radius 2 is 1.52 bits per heavy atom. The van der Waals surface area contributed by atoms with Crippen LogP contribution in [0.25, 0.3) is 0 Å². The molecule has 4 rings (SSSR count). The Morgan fingerprint density at radius 1 is 0.864 bits per heavy atom. The third kappa shape index (κ3) is 8.17. The lowest BCUT2D eigenvalue weighted by atomic mass is 9.97. The molecule has 0 bridgehead atoms. The number of carbonyl (C=O) groups excluding carboxylic acids is 2. The predicted octanol–water partition coefficient (Wildman–Crippen LogP) is 7.04. The molecule has 0 saturated heterocycles. The van der Waals surface area contributed by atoms with Gasteiger partial charge < -0.3 is 19.7 Å². The summed E-state index contributed by atoms with van der Waals surface area (Å²) in [6.07, 6.45) is 0. The second kappa shape index (κ2) is 14.9. The van der Waals surface area contributed by atoms with E-state index in [1.165, 1.54) is 18.9 Å². The SMILES string of the molecule is COc1ccc(NC(=O)C(c2ccc(C(C)C)cc2)N(Cc2ccccc2C)C(=O)CSc2nc(C)cc(C)n2)c(OC)c1. The topological polar surface area (TPSA) is 93.7 Å². The first-order valence-electron chi connectivity index (χ1n) is 14.5. The van der Waals surface area contributed by atoms with E-state index in [0.29, 0.717) is 33.8 Å². The van der Waals surface area contributed by atoms with Gasteiger partial charge in [0.15, 0.2) is 5.16 Å². The summed E-state index contributed by atoms with van der Waals surface area (Å²) in [6.45, 7) is 10.3. The van der Waals surface area contributed by atoms with Crippen molar-refractivity contribution in [2.45, 2.75) is 58.3 Å². The molecule has 0 aliphatic carbocycles. The first kappa shape index (κ1) is 32.5. The highest BCUT2D eigenvalue weighted by molar-refractivity contribution is 7.99. The van der Waals surface area contributed by atoms with Gasteiger partial charge in [-0.15, -0.1) is 0 Å². The number of carbonyl (C=O) groups is 2. The van der Waals surface area contributed by atoms with E-state index in [1.54, 1.807) is 30.2 Å². The molecular formula is C35H40N4O4S. The molecule has 1 heterocycles. The number of rotatable bonds is 12. The summed E-state index contributed by atoms with van der Waals surface area (Å²) in [7, 11) is 3.10. The van der Waals surface area contributed by atoms with Crippen LogP contribution >= 0.6 is 11.8 Å². The van der Waals surface area contributed by atoms with E-state index in [0.717, 1.165) is 28.1 Å². The minimum absolute atomic E-state index is 0.0640. The summed E-state index contributed by atoms with van der Waals surface area (Å²) in [4.78, 5) is 39.1. The molecule has 230 valence electrons. The van der Waals surface area contributed by atoms with Crippen LogP contribution < -0.4 is 14.8 Å². The molecule has 0 aliphatic heterocycles. The van der Waals surface area contributed by atoms with Crippen LogP contribution in [0, 0.1) is 20.8 Å². The molecule has 4 aromatic rings. The summed E-state index contributed by atoms with van der Waals surface area (Å²) < 4.78 is 10.9. The van der Waals surface area contributed by atoms with Gasteiger partial charge in [-0.1, -0.05) is 74.1 Å². The number of anilines is 1. The van der Waals surface area contributed by atoms with E-state index >= 15 is 0 Å². The smallest absolute Gasteiger partial charge is 0.251 e. The summed E-state index contributed by atoms with van der Waals surface area (Å²) in [5, 5.41) is 3.55. The normalized spacial score (nSPS) is 11.6. The molecule has 0 fully saturated rings. The van der Waals surface area contributed by atoms with E-state index in [-0.39, 0.29) is 24.1 Å². The number of benzene rings is 3. The fourth-order valence-electron chi connectivity index (χ4n) is 4.90. The average Bonchev–Trinajstić information content (AvgIpc) is 3.00. The fraction of sp³-hybridized carbons (Fsp3) is 0.314. The van der Waals surface area contributed by atoms with Gasteiger partial charge in [-0.25, -0.2) is 9.97 Å². The van der Waals surface area contributed by atoms with E-state index in [1.807, 2.05) is 75.4 Å². The van der Waals surface area contributed by atoms with Crippen molar-refractivity contribution in [2.75, 3.05) is 25.3 Å². The summed E-state index contributed by atoms with van der Waals surface area (Å²) >= 11 is 1.27. The fourth-order valence-corrected chi connectivity index (χ4v) is 5.74. The third-order valence-corrected chi connectivity index (χ3v) is 8.19. The van der Waals surface area contributed by atoms with Crippen molar-refractivity contribution in [3.63, 3.8) is 0 Å². The van der Waals surface area contributed by atoms with Crippen molar-refractivity contribution < 1.29 is 19.1 Å². The van der Waals surface area contributed by atoms with Gasteiger partial charge in [-0.2, -0.15) is 0 Å². The van der Waals surface area contributed by atoms with Gasteiger partial charge in [-0.3, -0.25) is 9.59 Å². The first-order chi connectivity index (χ1) is 21.1. The number of aromatic nitrogens is 2. The van der Waals surface area contributed by atoms with E-state index in [2.05, 4.69) is 29.1 Å². The number of ether oxygens (including phenoxy) is 2. The Kier molecular flexibility index (Phi) is 11.0. The standard InChI is InChI=1S/C35H40N4O4S/c1-22(2)26-12-14-27(15-13-26)33(34(41)38-30-17-16-29(42-6)19-31(30)43-7)39(20-28-11-9-8-10-23(28)3)32(40)21-44-35-36-24(4)18-25(5)37-35/h8-19,22,33H,20-21H2,1-7H3,(H,38,41). The zero-order valence-electron chi connectivity index (χ0n) is 26.4. The van der Waals surface area contributed by atoms with Gasteiger partial charge in [0.2, 0.25) is 5.91 Å². The lowest BCUT2D eigenvalue weighted by Gasteiger charge is -2.32. The van der Waals surface area contributed by atoms with Crippen molar-refractivity contribution in [3.05, 3.63) is 106 Å². The van der Waals surface area contributed by atoms with Crippen LogP contribution in [0.15, 0.2) is 78.0 Å². The summed E-state index contributed by atoms with van der Waals surface area (Å²) in [5.74, 6) is 0.859. The Hall–Kier alpha value is -4.37. The van der Waals surface area contributed by atoms with Crippen molar-refractivity contribution in [2.24, 2.45) is 0 Å². The van der Waals surface area contributed by atoms with Crippen LogP contribution in [0.4, 0.5) is 5.69 Å². The van der Waals surface area contributed by atoms with Crippen LogP contribution in [0.2, 0.25) is 0 Å². The highest BCUT2D eigenvalue weighted by atomic mass is 32.2. The van der Waals surface area contributed by atoms with Gasteiger partial charge in [0.05, 0.1) is 25.7 Å². The van der Waals surface area contributed by atoms with Crippen LogP contribution in [0.1, 0.15) is 59.4 Å². The minimum Gasteiger partial charge on any atom is -0.497 e. The number of amides is 2. The molecule has 9 heteroatoms. The third-order valence-electron chi connectivity index (χ3n) is 7.35. The molecule has 0 saturated carbocycles. The molecule has 1 unspecified atom stereocenters. The zero-order valence-corrected chi connectivity index (χ0v) is 27.2. The highest BCUT2D eigenvalue weighted by Gasteiger charge is 2.33. The van der Waals surface area contributed by atoms with Crippen LogP contribution in [-0.4, -0.2) is 46.7 Å². The monoisotopic (exact) mass is 612 g/mol. The first-order valence-corrected chi connectivity index (χ1v) is 15.5. The molecule has 2 amide bonds. The number of methoxy groups -OCH3 is 2. The van der Waals surface area contributed by atoms with Crippen molar-refractivity contribution >= 4 is 29.3 Å². The Morgan fingerprint density at radius 3 is 2.14 bits per heavy atom. The largest absolute Gasteiger partial charge is 0.497 e. The number of nitrogens with one attached hydrogen (secondary N) is 1. The van der Waals surface area contributed by atoms with Crippen molar-refractivity contribution in [1.29, 1.82) is 0 Å². The second-order valence-electron chi connectivity index (χ2n) is 10.9. The number of thioether (sulfide) groups is 1. The molecule has 44 heavy (non-hydrogen) atoms. The summed E-state index contributed by atoms with van der Waals surface area (Å²) in [6, 6.07) is 21.9. The van der Waals surface area contributed by atoms with Gasteiger partial charge in [0, 0.05) is 24.0 Å². The Bertz CT molecular complexity index is 1590. The van der Waals surface area contributed by atoms with Gasteiger partial charge in [0.25, 0.3) is 5.91 Å². The van der Waals surface area contributed by atoms with Crippen LogP contribution in [-0.2, 0) is 16.1 Å². The molecule has 3 aromatic carbocycles. The number of aryl methyl sites for hydroxylation is 3. The van der Waals surface area contributed by atoms with Crippen LogP contribution in [0.5, 0.6) is 11.5 Å². The zero-order chi connectivity index (χ0) is 31.8. The number of nitrogens with zero attached hydrogens (tertiary/aromatic N) is 3. The molecule has 0 radical (unpaired) electrons. The molecule has 1 aromatic heterocycles. The average molecular weight is 613 g/mol. The molecular weight excluding hydrogens is 572 g/mol. The quantitative estimate of drug-likeness (QED) is 0.135. The predicted molar refractivity (Wildman–Crippen MR) is 175 cm³/mol. The Labute approximate surface area is 264 Å². The maximum absolute atomic E-state index is 14.3. The van der Waals surface area contributed by atoms with E-state index in [4.69, 9.17) is 9.47 Å². The van der Waals surface area contributed by atoms with E-state index < -0.39 is 6.04 Å². The second-order valence-corrected chi connectivity index (χ2v) is 11.9. The molecule has 8 nitrogen and oxygen atoms in total. The summed E-state index contributed by atoms with van der Waals surface area (Å²) in [5.41, 5.74) is 5.97. The highest BCUT2D eigenvalue weighted by Crippen LogP contribution is 2.33. The van der Waals surface area contributed by atoms with Gasteiger partial charge in [-0.05, 0) is 67.1 Å². The van der Waals surface area contributed by atoms with Crippen molar-refractivity contribution in [1.82, 2.24) is 14.9 Å². The van der Waals surface area contributed by atoms with Gasteiger partial charge >= 0.3 is 0 Å². The lowest BCUT2D eigenvalue weighted by Crippen LogP contribution is -2.42. The lowest BCUT2D eigenvalue weighted by molar-refractivity contribution is -0.137. The molecule has 0 spiro atoms.